The molecule has 0 aromatic carbocycles. The second-order valence-corrected chi connectivity index (χ2v) is 7.84. The standard InChI is InChI=1S/C14H21N5O2S/c1-2-19-9-12(7-17-19)14-8-15-11-18(14)5-4-16-13-3-6-22(20,21)10-13/h7-9,11,13,16H,2-6,10H2,1H3/t13-/m1/s1. The van der Waals surface area contributed by atoms with Gasteiger partial charge < -0.3 is 9.88 Å². The van der Waals surface area contributed by atoms with E-state index in [0.29, 0.717) is 12.2 Å². The third-order valence-corrected chi connectivity index (χ3v) is 5.75. The molecule has 1 saturated heterocycles. The number of sulfone groups is 1. The Morgan fingerprint density at radius 2 is 2.27 bits per heavy atom. The van der Waals surface area contributed by atoms with Crippen molar-refractivity contribution in [2.75, 3.05) is 18.1 Å². The summed E-state index contributed by atoms with van der Waals surface area (Å²) in [6.07, 6.45) is 8.18. The Balaban J connectivity index is 1.59. The van der Waals surface area contributed by atoms with Gasteiger partial charge in [-0.3, -0.25) is 4.68 Å². The summed E-state index contributed by atoms with van der Waals surface area (Å²) in [6.45, 7) is 4.37. The van der Waals surface area contributed by atoms with Gasteiger partial charge in [-0.05, 0) is 13.3 Å². The van der Waals surface area contributed by atoms with Gasteiger partial charge in [0.2, 0.25) is 0 Å². The zero-order chi connectivity index (χ0) is 15.6. The summed E-state index contributed by atoms with van der Waals surface area (Å²) in [7, 11) is -2.82. The molecule has 0 radical (unpaired) electrons. The molecular weight excluding hydrogens is 302 g/mol. The summed E-state index contributed by atoms with van der Waals surface area (Å²) in [5.74, 6) is 0.560. The average molecular weight is 323 g/mol. The van der Waals surface area contributed by atoms with E-state index in [9.17, 15) is 8.42 Å². The van der Waals surface area contributed by atoms with Crippen molar-refractivity contribution in [1.82, 2.24) is 24.6 Å². The van der Waals surface area contributed by atoms with Crippen LogP contribution in [0.25, 0.3) is 11.3 Å². The van der Waals surface area contributed by atoms with Crippen LogP contribution in [0.4, 0.5) is 0 Å². The molecule has 120 valence electrons. The van der Waals surface area contributed by atoms with Crippen LogP contribution in [0.15, 0.2) is 24.9 Å². The minimum Gasteiger partial charge on any atom is -0.329 e. The Morgan fingerprint density at radius 3 is 2.95 bits per heavy atom. The van der Waals surface area contributed by atoms with E-state index in [1.165, 1.54) is 0 Å². The molecule has 22 heavy (non-hydrogen) atoms. The third kappa shape index (κ3) is 3.38. The van der Waals surface area contributed by atoms with Crippen molar-refractivity contribution < 1.29 is 8.42 Å². The normalized spacial score (nSPS) is 20.5. The van der Waals surface area contributed by atoms with Crippen LogP contribution >= 0.6 is 0 Å². The topological polar surface area (TPSA) is 81.8 Å². The Bertz CT molecular complexity index is 734. The molecule has 0 bridgehead atoms. The summed E-state index contributed by atoms with van der Waals surface area (Å²) in [5, 5.41) is 7.61. The van der Waals surface area contributed by atoms with Crippen LogP contribution in [0.5, 0.6) is 0 Å². The average Bonchev–Trinajstić information content (AvgIpc) is 3.18. The van der Waals surface area contributed by atoms with Crippen molar-refractivity contribution in [3.8, 4) is 11.3 Å². The number of hydrogen-bond donors (Lipinski definition) is 1. The molecule has 1 N–H and O–H groups in total. The summed E-state index contributed by atoms with van der Waals surface area (Å²) < 4.78 is 26.8. The molecule has 2 aromatic heterocycles. The fourth-order valence-electron chi connectivity index (χ4n) is 2.75. The molecule has 0 amide bonds. The van der Waals surface area contributed by atoms with Gasteiger partial charge in [0.25, 0.3) is 0 Å². The predicted octanol–water partition coefficient (Wildman–Crippen LogP) is 0.543. The number of aryl methyl sites for hydroxylation is 1. The fraction of sp³-hybridized carbons (Fsp3) is 0.571. The lowest BCUT2D eigenvalue weighted by molar-refractivity contribution is 0.521. The molecule has 0 unspecified atom stereocenters. The highest BCUT2D eigenvalue weighted by atomic mass is 32.2. The summed E-state index contributed by atoms with van der Waals surface area (Å²) in [5.41, 5.74) is 2.07. The van der Waals surface area contributed by atoms with Crippen LogP contribution in [0.2, 0.25) is 0 Å². The molecule has 3 rings (SSSR count). The molecule has 3 heterocycles. The zero-order valence-electron chi connectivity index (χ0n) is 12.6. The van der Waals surface area contributed by atoms with Gasteiger partial charge in [-0.2, -0.15) is 5.10 Å². The molecule has 1 atom stereocenters. The lowest BCUT2D eigenvalue weighted by atomic mass is 10.2. The Labute approximate surface area is 130 Å². The first kappa shape index (κ1) is 15.2. The van der Waals surface area contributed by atoms with Crippen molar-refractivity contribution >= 4 is 9.84 Å². The van der Waals surface area contributed by atoms with Gasteiger partial charge in [0.1, 0.15) is 0 Å². The maximum Gasteiger partial charge on any atom is 0.151 e. The van der Waals surface area contributed by atoms with Crippen molar-refractivity contribution in [3.05, 3.63) is 24.9 Å². The quantitative estimate of drug-likeness (QED) is 0.839. The van der Waals surface area contributed by atoms with Gasteiger partial charge in [0.05, 0.1) is 35.9 Å². The van der Waals surface area contributed by atoms with E-state index in [-0.39, 0.29) is 11.8 Å². The second-order valence-electron chi connectivity index (χ2n) is 5.61. The highest BCUT2D eigenvalue weighted by Crippen LogP contribution is 2.18. The SMILES string of the molecule is CCn1cc(-c2cncn2CCN[C@@H]2CCS(=O)(=O)C2)cn1. The second kappa shape index (κ2) is 6.21. The van der Waals surface area contributed by atoms with Crippen molar-refractivity contribution in [2.45, 2.75) is 32.5 Å². The lowest BCUT2D eigenvalue weighted by Gasteiger charge is -2.12. The van der Waals surface area contributed by atoms with Gasteiger partial charge in [-0.1, -0.05) is 0 Å². The maximum atomic E-state index is 11.4. The van der Waals surface area contributed by atoms with Gasteiger partial charge in [0, 0.05) is 37.4 Å². The molecule has 1 fully saturated rings. The number of rotatable bonds is 6. The van der Waals surface area contributed by atoms with Crippen LogP contribution in [0.1, 0.15) is 13.3 Å². The van der Waals surface area contributed by atoms with Crippen molar-refractivity contribution in [1.29, 1.82) is 0 Å². The van der Waals surface area contributed by atoms with E-state index in [2.05, 4.69) is 20.0 Å². The monoisotopic (exact) mass is 323 g/mol. The minimum absolute atomic E-state index is 0.0832. The maximum absolute atomic E-state index is 11.4. The van der Waals surface area contributed by atoms with Crippen molar-refractivity contribution in [3.63, 3.8) is 0 Å². The largest absolute Gasteiger partial charge is 0.329 e. The summed E-state index contributed by atoms with van der Waals surface area (Å²) in [6, 6.07) is 0.0832. The van der Waals surface area contributed by atoms with Crippen LogP contribution in [-0.2, 0) is 22.9 Å². The van der Waals surface area contributed by atoms with E-state index in [4.69, 9.17) is 0 Å². The smallest absolute Gasteiger partial charge is 0.151 e. The number of nitrogens with one attached hydrogen (secondary N) is 1. The first-order valence-corrected chi connectivity index (χ1v) is 9.36. The Kier molecular flexibility index (Phi) is 4.30. The molecular formula is C14H21N5O2S. The third-order valence-electron chi connectivity index (χ3n) is 3.98. The van der Waals surface area contributed by atoms with E-state index in [1.54, 1.807) is 6.33 Å². The van der Waals surface area contributed by atoms with E-state index in [0.717, 1.165) is 30.9 Å². The molecule has 1 aliphatic rings. The van der Waals surface area contributed by atoms with Gasteiger partial charge in [-0.15, -0.1) is 0 Å². The molecule has 2 aromatic rings. The summed E-state index contributed by atoms with van der Waals surface area (Å²) >= 11 is 0. The van der Waals surface area contributed by atoms with Gasteiger partial charge >= 0.3 is 0 Å². The number of imidazole rings is 1. The molecule has 0 saturated carbocycles. The van der Waals surface area contributed by atoms with Crippen LogP contribution in [-0.4, -0.2) is 51.8 Å². The van der Waals surface area contributed by atoms with Crippen molar-refractivity contribution in [2.24, 2.45) is 0 Å². The molecule has 1 aliphatic heterocycles. The highest BCUT2D eigenvalue weighted by molar-refractivity contribution is 7.91. The molecule has 0 aliphatic carbocycles. The Morgan fingerprint density at radius 1 is 1.41 bits per heavy atom. The summed E-state index contributed by atoms with van der Waals surface area (Å²) in [4.78, 5) is 4.21. The minimum atomic E-state index is -2.82. The molecule has 7 nitrogen and oxygen atoms in total. The van der Waals surface area contributed by atoms with Gasteiger partial charge in [-0.25, -0.2) is 13.4 Å². The first-order valence-electron chi connectivity index (χ1n) is 7.54. The van der Waals surface area contributed by atoms with E-state index < -0.39 is 9.84 Å². The van der Waals surface area contributed by atoms with E-state index in [1.807, 2.05) is 30.2 Å². The number of nitrogens with zero attached hydrogens (tertiary/aromatic N) is 4. The van der Waals surface area contributed by atoms with Crippen LogP contribution in [0, 0.1) is 0 Å². The predicted molar refractivity (Wildman–Crippen MR) is 84.2 cm³/mol. The zero-order valence-corrected chi connectivity index (χ0v) is 13.5. The molecule has 0 spiro atoms. The fourth-order valence-corrected chi connectivity index (χ4v) is 4.46. The van der Waals surface area contributed by atoms with Crippen LogP contribution in [0.3, 0.4) is 0 Å². The number of aromatic nitrogens is 4. The number of hydrogen-bond acceptors (Lipinski definition) is 5. The van der Waals surface area contributed by atoms with E-state index >= 15 is 0 Å². The van der Waals surface area contributed by atoms with Gasteiger partial charge in [0.15, 0.2) is 9.84 Å². The molecule has 8 heteroatoms. The lowest BCUT2D eigenvalue weighted by Crippen LogP contribution is -2.32. The van der Waals surface area contributed by atoms with Crippen LogP contribution < -0.4 is 5.32 Å². The first-order chi connectivity index (χ1) is 10.6. The highest BCUT2D eigenvalue weighted by Gasteiger charge is 2.27. The Hall–Kier alpha value is -1.67.